The predicted octanol–water partition coefficient (Wildman–Crippen LogP) is 4.30. The van der Waals surface area contributed by atoms with Gasteiger partial charge in [0.25, 0.3) is 10.0 Å². The van der Waals surface area contributed by atoms with Crippen molar-refractivity contribution in [1.29, 1.82) is 0 Å². The number of para-hydroxylation sites is 2. The second kappa shape index (κ2) is 7.66. The molecule has 0 aromatic heterocycles. The lowest BCUT2D eigenvalue weighted by Gasteiger charge is -2.25. The summed E-state index contributed by atoms with van der Waals surface area (Å²) in [4.78, 5) is 0.131. The van der Waals surface area contributed by atoms with E-state index >= 15 is 0 Å². The first-order valence-corrected chi connectivity index (χ1v) is 10.5. The van der Waals surface area contributed by atoms with Crippen LogP contribution in [0.2, 0.25) is 0 Å². The van der Waals surface area contributed by atoms with Gasteiger partial charge in [0, 0.05) is 0 Å². The van der Waals surface area contributed by atoms with E-state index in [4.69, 9.17) is 9.47 Å². The Morgan fingerprint density at radius 3 is 2.07 bits per heavy atom. The van der Waals surface area contributed by atoms with E-state index in [0.29, 0.717) is 30.3 Å². The summed E-state index contributed by atoms with van der Waals surface area (Å²) in [5.41, 5.74) is 2.05. The maximum absolute atomic E-state index is 13.7. The van der Waals surface area contributed by atoms with Crippen LogP contribution in [-0.2, 0) is 14.8 Å². The first-order valence-electron chi connectivity index (χ1n) is 9.06. The van der Waals surface area contributed by atoms with Gasteiger partial charge in [0.05, 0.1) is 18.0 Å². The molecule has 1 aliphatic rings. The van der Waals surface area contributed by atoms with E-state index in [-0.39, 0.29) is 11.0 Å². The Morgan fingerprint density at radius 1 is 0.964 bits per heavy atom. The molecule has 0 spiro atoms. The highest BCUT2D eigenvalue weighted by atomic mass is 32.2. The number of rotatable bonds is 7. The first-order chi connectivity index (χ1) is 13.6. The van der Waals surface area contributed by atoms with E-state index in [9.17, 15) is 8.42 Å². The van der Waals surface area contributed by atoms with E-state index in [1.54, 1.807) is 42.5 Å². The highest BCUT2D eigenvalue weighted by Gasteiger charge is 2.31. The number of ether oxygens (including phenoxy) is 2. The minimum atomic E-state index is -3.91. The Morgan fingerprint density at radius 2 is 1.54 bits per heavy atom. The molecule has 3 aromatic carbocycles. The third kappa shape index (κ3) is 3.88. The van der Waals surface area contributed by atoms with Crippen LogP contribution in [0.25, 0.3) is 0 Å². The fourth-order valence-electron chi connectivity index (χ4n) is 2.94. The minimum absolute atomic E-state index is 0.0374. The van der Waals surface area contributed by atoms with Crippen molar-refractivity contribution in [3.8, 4) is 5.75 Å². The number of anilines is 2. The molecular formula is C22H21NO4S. The van der Waals surface area contributed by atoms with Gasteiger partial charge in [-0.2, -0.15) is 0 Å². The van der Waals surface area contributed by atoms with Crippen molar-refractivity contribution in [2.75, 3.05) is 17.5 Å². The van der Waals surface area contributed by atoms with Gasteiger partial charge in [-0.1, -0.05) is 42.5 Å². The van der Waals surface area contributed by atoms with E-state index in [2.05, 4.69) is 0 Å². The van der Waals surface area contributed by atoms with Gasteiger partial charge in [-0.3, -0.25) is 0 Å². The molecule has 0 bridgehead atoms. The Labute approximate surface area is 165 Å². The van der Waals surface area contributed by atoms with Crippen LogP contribution in [0.1, 0.15) is 5.56 Å². The van der Waals surface area contributed by atoms with E-state index in [1.807, 2.05) is 43.3 Å². The molecule has 1 unspecified atom stereocenters. The Balaban J connectivity index is 1.82. The van der Waals surface area contributed by atoms with E-state index in [0.717, 1.165) is 5.56 Å². The van der Waals surface area contributed by atoms with Crippen molar-refractivity contribution in [2.45, 2.75) is 17.9 Å². The van der Waals surface area contributed by atoms with Gasteiger partial charge in [-0.25, -0.2) is 12.7 Å². The molecular weight excluding hydrogens is 374 g/mol. The molecule has 0 saturated carbocycles. The summed E-state index contributed by atoms with van der Waals surface area (Å²) in [5.74, 6) is 0.340. The predicted molar refractivity (Wildman–Crippen MR) is 109 cm³/mol. The average molecular weight is 395 g/mol. The van der Waals surface area contributed by atoms with Gasteiger partial charge in [0.1, 0.15) is 23.4 Å². The molecule has 144 valence electrons. The monoisotopic (exact) mass is 395 g/mol. The largest absolute Gasteiger partial charge is 0.489 e. The van der Waals surface area contributed by atoms with Crippen molar-refractivity contribution in [3.05, 3.63) is 84.4 Å². The molecule has 1 fully saturated rings. The van der Waals surface area contributed by atoms with Crippen molar-refractivity contribution in [3.63, 3.8) is 0 Å². The second-order valence-corrected chi connectivity index (χ2v) is 8.41. The van der Waals surface area contributed by atoms with Crippen molar-refractivity contribution in [1.82, 2.24) is 0 Å². The first kappa shape index (κ1) is 18.5. The highest BCUT2D eigenvalue weighted by molar-refractivity contribution is 7.93. The molecule has 1 aliphatic heterocycles. The van der Waals surface area contributed by atoms with Gasteiger partial charge >= 0.3 is 0 Å². The smallest absolute Gasteiger partial charge is 0.272 e. The molecule has 1 saturated heterocycles. The Bertz CT molecular complexity index is 1010. The van der Waals surface area contributed by atoms with Gasteiger partial charge in [0.15, 0.2) is 0 Å². The van der Waals surface area contributed by atoms with Crippen LogP contribution in [0.15, 0.2) is 83.8 Å². The summed E-state index contributed by atoms with van der Waals surface area (Å²) in [5, 5.41) is 0. The van der Waals surface area contributed by atoms with Crippen LogP contribution in [-0.4, -0.2) is 27.7 Å². The SMILES string of the molecule is Cc1ccc(S(=O)(=O)N(c2ccccc2)c2ccccc2)c(OCC2CO2)c1. The molecule has 4 rings (SSSR count). The van der Waals surface area contributed by atoms with E-state index in [1.165, 1.54) is 4.31 Å². The zero-order valence-electron chi connectivity index (χ0n) is 15.5. The topological polar surface area (TPSA) is 59.1 Å². The third-order valence-electron chi connectivity index (χ3n) is 4.43. The fraction of sp³-hybridized carbons (Fsp3) is 0.182. The number of nitrogens with zero attached hydrogens (tertiary/aromatic N) is 1. The fourth-order valence-corrected chi connectivity index (χ4v) is 4.55. The van der Waals surface area contributed by atoms with Crippen LogP contribution in [0.5, 0.6) is 5.75 Å². The molecule has 1 heterocycles. The number of hydrogen-bond acceptors (Lipinski definition) is 4. The van der Waals surface area contributed by atoms with Crippen LogP contribution in [0.3, 0.4) is 0 Å². The molecule has 5 nitrogen and oxygen atoms in total. The average Bonchev–Trinajstić information content (AvgIpc) is 3.52. The zero-order valence-corrected chi connectivity index (χ0v) is 16.3. The maximum atomic E-state index is 13.7. The summed E-state index contributed by atoms with van der Waals surface area (Å²) < 4.78 is 39.8. The molecule has 0 aliphatic carbocycles. The highest BCUT2D eigenvalue weighted by Crippen LogP contribution is 2.36. The summed E-state index contributed by atoms with van der Waals surface area (Å²) in [6.07, 6.45) is 0.0374. The third-order valence-corrected chi connectivity index (χ3v) is 6.22. The van der Waals surface area contributed by atoms with E-state index < -0.39 is 10.0 Å². The quantitative estimate of drug-likeness (QED) is 0.560. The number of benzene rings is 3. The van der Waals surface area contributed by atoms with Crippen LogP contribution in [0.4, 0.5) is 11.4 Å². The summed E-state index contributed by atoms with van der Waals surface area (Å²) in [6.45, 7) is 2.89. The Hall–Kier alpha value is -2.83. The zero-order chi connectivity index (χ0) is 19.6. The van der Waals surface area contributed by atoms with Gasteiger partial charge in [0.2, 0.25) is 0 Å². The lowest BCUT2D eigenvalue weighted by molar-refractivity contribution is 0.258. The molecule has 28 heavy (non-hydrogen) atoms. The minimum Gasteiger partial charge on any atom is -0.489 e. The molecule has 1 atom stereocenters. The van der Waals surface area contributed by atoms with Crippen molar-refractivity contribution < 1.29 is 17.9 Å². The normalized spacial score (nSPS) is 15.8. The van der Waals surface area contributed by atoms with Gasteiger partial charge in [-0.15, -0.1) is 0 Å². The molecule has 6 heteroatoms. The van der Waals surface area contributed by atoms with Crippen LogP contribution >= 0.6 is 0 Å². The van der Waals surface area contributed by atoms with Crippen LogP contribution < -0.4 is 9.04 Å². The maximum Gasteiger partial charge on any atom is 0.272 e. The second-order valence-electron chi connectivity index (χ2n) is 6.66. The number of sulfonamides is 1. The van der Waals surface area contributed by atoms with Crippen molar-refractivity contribution in [2.24, 2.45) is 0 Å². The molecule has 0 radical (unpaired) electrons. The lowest BCUT2D eigenvalue weighted by atomic mass is 10.2. The number of aryl methyl sites for hydroxylation is 1. The van der Waals surface area contributed by atoms with Gasteiger partial charge < -0.3 is 9.47 Å². The summed E-state index contributed by atoms with van der Waals surface area (Å²) >= 11 is 0. The summed E-state index contributed by atoms with van der Waals surface area (Å²) in [7, 11) is -3.91. The van der Waals surface area contributed by atoms with Crippen LogP contribution in [0, 0.1) is 6.92 Å². The lowest BCUT2D eigenvalue weighted by Crippen LogP contribution is -2.27. The molecule has 0 N–H and O–H groups in total. The molecule has 3 aromatic rings. The van der Waals surface area contributed by atoms with Gasteiger partial charge in [-0.05, 0) is 48.9 Å². The Kier molecular flexibility index (Phi) is 5.07. The summed E-state index contributed by atoms with van der Waals surface area (Å²) in [6, 6.07) is 23.2. The number of epoxide rings is 1. The molecule has 0 amide bonds. The number of hydrogen-bond donors (Lipinski definition) is 0. The van der Waals surface area contributed by atoms with Crippen molar-refractivity contribution >= 4 is 21.4 Å². The standard InChI is InChI=1S/C22H21NO4S/c1-17-12-13-22(21(14-17)27-16-20-15-26-20)28(24,25)23(18-8-4-2-5-9-18)19-10-6-3-7-11-19/h2-14,20H,15-16H2,1H3.